The predicted octanol–water partition coefficient (Wildman–Crippen LogP) is 3.62. The minimum absolute atomic E-state index is 0. The van der Waals surface area contributed by atoms with E-state index in [0.717, 1.165) is 43.5 Å². The first kappa shape index (κ1) is 22.0. The molecule has 1 aliphatic heterocycles. The molecule has 2 fully saturated rings. The normalized spacial score (nSPS) is 18.2. The molecule has 1 N–H and O–H groups in total. The highest BCUT2D eigenvalue weighted by Gasteiger charge is 2.44. The zero-order valence-electron chi connectivity index (χ0n) is 16.4. The molecule has 0 bridgehead atoms. The van der Waals surface area contributed by atoms with E-state index >= 15 is 0 Å². The third kappa shape index (κ3) is 4.88. The van der Waals surface area contributed by atoms with Gasteiger partial charge in [-0.25, -0.2) is 0 Å². The fraction of sp³-hybridized carbons (Fsp3) is 0.429. The Morgan fingerprint density at radius 1 is 1.17 bits per heavy atom. The maximum atomic E-state index is 12.4. The molecule has 6 nitrogen and oxygen atoms in total. The SMILES string of the molecule is CN=C(NCC1(c2cccc(Cl)c2)CC1)N1CCN(C(=O)c2ccco2)CC1.I. The monoisotopic (exact) mass is 528 g/mol. The summed E-state index contributed by atoms with van der Waals surface area (Å²) in [6.07, 6.45) is 3.84. The van der Waals surface area contributed by atoms with E-state index in [4.69, 9.17) is 16.0 Å². The molecule has 2 aromatic rings. The van der Waals surface area contributed by atoms with Crippen LogP contribution in [0.1, 0.15) is 29.0 Å². The Balaban J connectivity index is 0.00000240. The fourth-order valence-corrected chi connectivity index (χ4v) is 3.99. The van der Waals surface area contributed by atoms with Gasteiger partial charge in [0, 0.05) is 50.2 Å². The summed E-state index contributed by atoms with van der Waals surface area (Å²) in [6, 6.07) is 11.6. The van der Waals surface area contributed by atoms with Crippen LogP contribution in [0.5, 0.6) is 0 Å². The third-order valence-electron chi connectivity index (χ3n) is 5.69. The Morgan fingerprint density at radius 2 is 1.90 bits per heavy atom. The Kier molecular flexibility index (Phi) is 7.10. The lowest BCUT2D eigenvalue weighted by Gasteiger charge is -2.36. The van der Waals surface area contributed by atoms with Crippen LogP contribution < -0.4 is 5.32 Å². The van der Waals surface area contributed by atoms with Crippen molar-refractivity contribution in [1.82, 2.24) is 15.1 Å². The van der Waals surface area contributed by atoms with Crippen molar-refractivity contribution in [2.24, 2.45) is 4.99 Å². The van der Waals surface area contributed by atoms with Gasteiger partial charge in [0.2, 0.25) is 0 Å². The number of piperazine rings is 1. The first-order chi connectivity index (χ1) is 13.6. The van der Waals surface area contributed by atoms with Crippen LogP contribution in [-0.4, -0.2) is 61.4 Å². The first-order valence-electron chi connectivity index (χ1n) is 9.66. The number of furan rings is 1. The summed E-state index contributed by atoms with van der Waals surface area (Å²) in [5.74, 6) is 1.23. The van der Waals surface area contributed by atoms with Gasteiger partial charge in [0.05, 0.1) is 6.26 Å². The number of amides is 1. The van der Waals surface area contributed by atoms with E-state index in [2.05, 4.69) is 27.3 Å². The number of carbonyl (C=O) groups excluding carboxylic acids is 1. The van der Waals surface area contributed by atoms with Crippen LogP contribution >= 0.6 is 35.6 Å². The van der Waals surface area contributed by atoms with E-state index in [1.807, 2.05) is 24.1 Å². The minimum Gasteiger partial charge on any atom is -0.459 e. The standard InChI is InChI=1S/C21H25ClN4O2.HI/c1-23-20(24-15-21(7-8-21)16-4-2-5-17(22)14-16)26-11-9-25(10-12-26)19(27)18-6-3-13-28-18;/h2-6,13-14H,7-12,15H2,1H3,(H,23,24);1H. The fourth-order valence-electron chi connectivity index (χ4n) is 3.79. The molecule has 1 aliphatic carbocycles. The molecule has 4 rings (SSSR count). The van der Waals surface area contributed by atoms with E-state index in [1.54, 1.807) is 12.1 Å². The lowest BCUT2D eigenvalue weighted by molar-refractivity contribution is 0.0657. The number of hydrogen-bond donors (Lipinski definition) is 1. The molecule has 0 atom stereocenters. The van der Waals surface area contributed by atoms with Gasteiger partial charge in [-0.3, -0.25) is 9.79 Å². The van der Waals surface area contributed by atoms with Crippen molar-refractivity contribution in [3.05, 3.63) is 59.0 Å². The van der Waals surface area contributed by atoms with E-state index < -0.39 is 0 Å². The minimum atomic E-state index is -0.0505. The molecule has 8 heteroatoms. The smallest absolute Gasteiger partial charge is 0.289 e. The van der Waals surface area contributed by atoms with Crippen LogP contribution in [0.25, 0.3) is 0 Å². The molecule has 1 aromatic heterocycles. The summed E-state index contributed by atoms with van der Waals surface area (Å²) < 4.78 is 5.23. The van der Waals surface area contributed by atoms with E-state index in [1.165, 1.54) is 11.8 Å². The van der Waals surface area contributed by atoms with Crippen LogP contribution in [-0.2, 0) is 5.41 Å². The van der Waals surface area contributed by atoms with Crippen molar-refractivity contribution in [2.75, 3.05) is 39.8 Å². The zero-order chi connectivity index (χ0) is 19.6. The average Bonchev–Trinajstić information content (AvgIpc) is 3.31. The number of nitrogens with one attached hydrogen (secondary N) is 1. The van der Waals surface area contributed by atoms with Crippen LogP contribution in [0.2, 0.25) is 5.02 Å². The molecule has 1 aromatic carbocycles. The lowest BCUT2D eigenvalue weighted by Crippen LogP contribution is -2.54. The van der Waals surface area contributed by atoms with Crippen molar-refractivity contribution in [2.45, 2.75) is 18.3 Å². The topological polar surface area (TPSA) is 61.1 Å². The second-order valence-electron chi connectivity index (χ2n) is 7.45. The maximum Gasteiger partial charge on any atom is 0.289 e. The highest BCUT2D eigenvalue weighted by molar-refractivity contribution is 14.0. The number of nitrogens with zero attached hydrogens (tertiary/aromatic N) is 3. The molecule has 2 heterocycles. The van der Waals surface area contributed by atoms with Gasteiger partial charge in [0.15, 0.2) is 11.7 Å². The first-order valence-corrected chi connectivity index (χ1v) is 10.0. The van der Waals surface area contributed by atoms with Crippen LogP contribution in [0.4, 0.5) is 0 Å². The number of guanidine groups is 1. The van der Waals surface area contributed by atoms with E-state index in [0.29, 0.717) is 18.8 Å². The highest BCUT2D eigenvalue weighted by Crippen LogP contribution is 2.48. The highest BCUT2D eigenvalue weighted by atomic mass is 127. The van der Waals surface area contributed by atoms with Crippen LogP contribution in [0.15, 0.2) is 52.1 Å². The molecule has 0 spiro atoms. The summed E-state index contributed by atoms with van der Waals surface area (Å²) in [6.45, 7) is 3.64. The third-order valence-corrected chi connectivity index (χ3v) is 5.92. The predicted molar refractivity (Wildman–Crippen MR) is 125 cm³/mol. The van der Waals surface area contributed by atoms with E-state index in [-0.39, 0.29) is 35.3 Å². The van der Waals surface area contributed by atoms with Gasteiger partial charge >= 0.3 is 0 Å². The number of halogens is 2. The number of benzene rings is 1. The Bertz CT molecular complexity index is 859. The number of hydrogen-bond acceptors (Lipinski definition) is 3. The maximum absolute atomic E-state index is 12.4. The van der Waals surface area contributed by atoms with Crippen molar-refractivity contribution < 1.29 is 9.21 Å². The molecular weight excluding hydrogens is 503 g/mol. The largest absolute Gasteiger partial charge is 0.459 e. The molecule has 29 heavy (non-hydrogen) atoms. The van der Waals surface area contributed by atoms with Gasteiger partial charge in [-0.1, -0.05) is 23.7 Å². The summed E-state index contributed by atoms with van der Waals surface area (Å²) in [4.78, 5) is 20.9. The molecule has 0 radical (unpaired) electrons. The molecule has 156 valence electrons. The number of rotatable bonds is 4. The quantitative estimate of drug-likeness (QED) is 0.374. The van der Waals surface area contributed by atoms with Gasteiger partial charge < -0.3 is 19.5 Å². The second kappa shape index (κ2) is 9.38. The van der Waals surface area contributed by atoms with Crippen molar-refractivity contribution in [1.29, 1.82) is 0 Å². The molecular formula is C21H26ClIN4O2. The van der Waals surface area contributed by atoms with Crippen molar-refractivity contribution >= 4 is 47.4 Å². The number of aliphatic imine (C=N–C) groups is 1. The van der Waals surface area contributed by atoms with Gasteiger partial charge in [0.25, 0.3) is 5.91 Å². The Hall–Kier alpha value is -1.74. The summed E-state index contributed by atoms with van der Waals surface area (Å²) in [5, 5.41) is 4.33. The van der Waals surface area contributed by atoms with Crippen molar-refractivity contribution in [3.63, 3.8) is 0 Å². The summed E-state index contributed by atoms with van der Waals surface area (Å²) >= 11 is 6.18. The Labute approximate surface area is 193 Å². The lowest BCUT2D eigenvalue weighted by atomic mass is 9.96. The van der Waals surface area contributed by atoms with E-state index in [9.17, 15) is 4.79 Å². The van der Waals surface area contributed by atoms with Crippen LogP contribution in [0.3, 0.4) is 0 Å². The molecule has 0 unspecified atom stereocenters. The molecule has 1 saturated heterocycles. The average molecular weight is 529 g/mol. The molecule has 1 saturated carbocycles. The van der Waals surface area contributed by atoms with Gasteiger partial charge in [0.1, 0.15) is 0 Å². The van der Waals surface area contributed by atoms with Crippen LogP contribution in [0, 0.1) is 0 Å². The summed E-state index contributed by atoms with van der Waals surface area (Å²) in [7, 11) is 1.81. The van der Waals surface area contributed by atoms with Gasteiger partial charge in [-0.05, 0) is 42.7 Å². The van der Waals surface area contributed by atoms with Gasteiger partial charge in [-0.15, -0.1) is 24.0 Å². The second-order valence-corrected chi connectivity index (χ2v) is 7.88. The zero-order valence-corrected chi connectivity index (χ0v) is 19.5. The number of carbonyl (C=O) groups is 1. The van der Waals surface area contributed by atoms with Gasteiger partial charge in [-0.2, -0.15) is 0 Å². The molecule has 2 aliphatic rings. The molecule has 1 amide bonds. The summed E-state index contributed by atoms with van der Waals surface area (Å²) in [5.41, 5.74) is 1.44. The van der Waals surface area contributed by atoms with Crippen molar-refractivity contribution in [3.8, 4) is 0 Å². The Morgan fingerprint density at radius 3 is 2.48 bits per heavy atom.